The molecule has 0 aromatic carbocycles. The second kappa shape index (κ2) is 31.5. The monoisotopic (exact) mass is 735 g/mol. The molecule has 0 amide bonds. The molecule has 0 fully saturated rings. The summed E-state index contributed by atoms with van der Waals surface area (Å²) in [6, 6.07) is 0. The van der Waals surface area contributed by atoms with Gasteiger partial charge in [-0.05, 0) is 0 Å². The standard InChI is InChI=1S/HO3P.2O.3Pb/c1-4(2)3;;;;;/h(H,1,2,3);;;;;/q;;;;;+2/p-1. The summed E-state index contributed by atoms with van der Waals surface area (Å²) in [5.41, 5.74) is 0. The van der Waals surface area contributed by atoms with Crippen molar-refractivity contribution in [2.75, 3.05) is 0 Å². The van der Waals surface area contributed by atoms with E-state index in [-0.39, 0.29) is 78.9 Å². The first-order valence-electron chi connectivity index (χ1n) is 0.956. The van der Waals surface area contributed by atoms with Crippen molar-refractivity contribution in [1.82, 2.24) is 0 Å². The predicted octanol–water partition coefficient (Wildman–Crippen LogP) is -3.02. The van der Waals surface area contributed by atoms with Gasteiger partial charge in [0, 0.05) is 0 Å². The van der Waals surface area contributed by atoms with Crippen molar-refractivity contribution >= 4 is 87.1 Å². The van der Waals surface area contributed by atoms with Crippen LogP contribution in [-0.2, 0) is 9.94 Å². The molecule has 0 aliphatic heterocycles. The van der Waals surface area contributed by atoms with E-state index in [1.54, 1.807) is 0 Å². The van der Waals surface area contributed by atoms with Crippen molar-refractivity contribution in [3.63, 3.8) is 0 Å². The quantitative estimate of drug-likeness (QED) is 0.196. The van der Waals surface area contributed by atoms with Crippen LogP contribution in [0.4, 0.5) is 0 Å². The Balaban J connectivity index is -0.0000000221. The zero-order chi connectivity index (χ0) is 7.58. The summed E-state index contributed by atoms with van der Waals surface area (Å²) in [6.45, 7) is 0. The van der Waals surface area contributed by atoms with E-state index in [9.17, 15) is 0 Å². The Bertz CT molecular complexity index is 50.2. The Morgan fingerprint density at radius 2 is 1.00 bits per heavy atom. The third-order valence-corrected chi connectivity index (χ3v) is 0. The Morgan fingerprint density at radius 1 is 1.00 bits per heavy atom. The average Bonchev–Trinajstić information content (AvgIpc) is 1.75. The molecule has 0 aromatic heterocycles. The van der Waals surface area contributed by atoms with Crippen LogP contribution < -0.4 is 9.79 Å². The van der Waals surface area contributed by atoms with E-state index in [0.29, 0.717) is 0 Å². The van der Waals surface area contributed by atoms with E-state index in [2.05, 4.69) is 0 Å². The van der Waals surface area contributed by atoms with Crippen molar-refractivity contribution < 1.29 is 19.7 Å². The van der Waals surface area contributed by atoms with Gasteiger partial charge >= 0.3 is 84.2 Å². The van der Waals surface area contributed by atoms with Gasteiger partial charge in [0.15, 0.2) is 0 Å². The van der Waals surface area contributed by atoms with Gasteiger partial charge in [0.25, 0.3) is 8.25 Å². The summed E-state index contributed by atoms with van der Waals surface area (Å²) in [5, 5.41) is 0. The molecule has 0 aliphatic carbocycles. The van der Waals surface area contributed by atoms with Crippen LogP contribution in [0.25, 0.3) is 0 Å². The van der Waals surface area contributed by atoms with Crippen molar-refractivity contribution in [3.8, 4) is 0 Å². The number of rotatable bonds is 0. The molecular weight excluding hydrogens is 733 g/mol. The summed E-state index contributed by atoms with van der Waals surface area (Å²) in [4.78, 5) is 17.0. The third-order valence-electron chi connectivity index (χ3n) is 0. The molecule has 0 N–H and O–H groups in total. The Labute approximate surface area is 105 Å². The molecule has 5 nitrogen and oxygen atoms in total. The Morgan fingerprint density at radius 3 is 1.00 bits per heavy atom. The summed E-state index contributed by atoms with van der Waals surface area (Å²) in [6.07, 6.45) is 0. The van der Waals surface area contributed by atoms with Gasteiger partial charge in [-0.25, -0.2) is 0 Å². The van der Waals surface area contributed by atoms with Crippen LogP contribution >= 0.6 is 8.25 Å². The summed E-state index contributed by atoms with van der Waals surface area (Å²) >= 11 is 0.111. The maximum Gasteiger partial charge on any atom is 2.00 e. The van der Waals surface area contributed by atoms with Crippen LogP contribution in [0.15, 0.2) is 0 Å². The van der Waals surface area contributed by atoms with Crippen molar-refractivity contribution in [3.05, 3.63) is 0 Å². The molecule has 9 heavy (non-hydrogen) atoms. The minimum atomic E-state index is -3.37. The summed E-state index contributed by atoms with van der Waals surface area (Å²) < 4.78 is 25.3. The number of hydrogen-bond donors (Lipinski definition) is 0. The topological polar surface area (TPSA) is 97.3 Å². The molecule has 0 aromatic rings. The smallest absolute Gasteiger partial charge is 2.00 e. The molecule has 9 heteroatoms. The zero-order valence-corrected chi connectivity index (χ0v) is 16.5. The molecule has 0 saturated heterocycles. The Kier molecular flexibility index (Phi) is 78.9. The fraction of sp³-hybridized carbons (Fsp3) is 0. The van der Waals surface area contributed by atoms with Gasteiger partial charge < -0.3 is 9.79 Å². The molecule has 0 aliphatic rings. The van der Waals surface area contributed by atoms with Gasteiger partial charge in [0.1, 0.15) is 0 Å². The summed E-state index contributed by atoms with van der Waals surface area (Å²) in [5.74, 6) is 0. The molecule has 46 valence electrons. The third kappa shape index (κ3) is 128. The maximum atomic E-state index is 8.48. The molecule has 6 radical (unpaired) electrons. The van der Waals surface area contributed by atoms with Crippen molar-refractivity contribution in [1.29, 1.82) is 0 Å². The molecule has 0 spiro atoms. The van der Waals surface area contributed by atoms with E-state index >= 15 is 0 Å². The second-order valence-corrected chi connectivity index (χ2v) is 0.671. The molecule has 0 saturated carbocycles. The van der Waals surface area contributed by atoms with Gasteiger partial charge in [-0.2, -0.15) is 0 Å². The minimum absolute atomic E-state index is 0. The van der Waals surface area contributed by atoms with E-state index in [1.807, 2.05) is 0 Å². The van der Waals surface area contributed by atoms with Crippen LogP contribution in [0.5, 0.6) is 0 Å². The molecule has 0 heterocycles. The SMILES string of the molecule is O=[P+]([O-])[O-].[O]=[Pb].[O]=[Pb].[Pb+2]. The van der Waals surface area contributed by atoms with E-state index < -0.39 is 8.25 Å². The van der Waals surface area contributed by atoms with E-state index in [4.69, 9.17) is 19.7 Å². The average molecular weight is 733 g/mol. The van der Waals surface area contributed by atoms with Crippen molar-refractivity contribution in [2.45, 2.75) is 0 Å². The minimum Gasteiger partial charge on any atom is 2.00 e. The van der Waals surface area contributed by atoms with Crippen LogP contribution in [0, 0.1) is 0 Å². The van der Waals surface area contributed by atoms with Crippen LogP contribution in [0.2, 0.25) is 0 Å². The normalized spacial score (nSPS) is 3.78. The van der Waals surface area contributed by atoms with Gasteiger partial charge in [-0.3, -0.25) is 0 Å². The van der Waals surface area contributed by atoms with Crippen molar-refractivity contribution in [2.24, 2.45) is 0 Å². The fourth-order valence-electron chi connectivity index (χ4n) is 0. The van der Waals surface area contributed by atoms with Gasteiger partial charge in [0.2, 0.25) is 0 Å². The fourth-order valence-corrected chi connectivity index (χ4v) is 0. The van der Waals surface area contributed by atoms with Crippen LogP contribution in [0.3, 0.4) is 0 Å². The summed E-state index contributed by atoms with van der Waals surface area (Å²) in [7, 11) is -3.37. The molecule has 0 bridgehead atoms. The predicted molar refractivity (Wildman–Crippen MR) is 26.2 cm³/mol. The molecule has 0 atom stereocenters. The first kappa shape index (κ1) is 22.5. The first-order chi connectivity index (χ1) is 3.73. The van der Waals surface area contributed by atoms with Crippen LogP contribution in [-0.4, -0.2) is 78.9 Å². The zero-order valence-electron chi connectivity index (χ0n) is 3.99. The number of hydrogen-bond acceptors (Lipinski definition) is 5. The Hall–Kier alpha value is 2.39. The second-order valence-electron chi connectivity index (χ2n) is 0.224. The van der Waals surface area contributed by atoms with Crippen LogP contribution in [0.1, 0.15) is 0 Å². The first-order valence-corrected chi connectivity index (χ1v) is 5.23. The van der Waals surface area contributed by atoms with E-state index in [0.717, 1.165) is 0 Å². The van der Waals surface area contributed by atoms with Gasteiger partial charge in [0.05, 0.1) is 0 Å². The molecule has 0 unspecified atom stereocenters. The largest absolute Gasteiger partial charge is 2.00 e. The van der Waals surface area contributed by atoms with E-state index in [1.165, 1.54) is 0 Å². The molecular formula is O5PPb3+. The maximum absolute atomic E-state index is 8.48. The van der Waals surface area contributed by atoms with Gasteiger partial charge in [-0.15, -0.1) is 0 Å². The molecule has 0 rings (SSSR count). The van der Waals surface area contributed by atoms with Gasteiger partial charge in [-0.1, -0.05) is 4.57 Å².